The van der Waals surface area contributed by atoms with Gasteiger partial charge in [-0.25, -0.2) is 15.0 Å². The zero-order chi connectivity index (χ0) is 26.6. The lowest BCUT2D eigenvalue weighted by molar-refractivity contribution is 0.0853. The molecule has 9 nitrogen and oxygen atoms in total. The minimum atomic E-state index is -0.639. The maximum atomic E-state index is 10.1. The first kappa shape index (κ1) is 26.4. The van der Waals surface area contributed by atoms with Crippen molar-refractivity contribution in [1.82, 2.24) is 24.7 Å². The number of aliphatic hydroxyl groups is 1. The van der Waals surface area contributed by atoms with Crippen molar-refractivity contribution < 1.29 is 14.6 Å². The Balaban J connectivity index is 1.59. The van der Waals surface area contributed by atoms with Crippen LogP contribution in [-0.2, 0) is 4.74 Å². The number of benzene rings is 1. The Bertz CT molecular complexity index is 1370. The zero-order valence-corrected chi connectivity index (χ0v) is 22.6. The van der Waals surface area contributed by atoms with E-state index in [2.05, 4.69) is 17.3 Å². The summed E-state index contributed by atoms with van der Waals surface area (Å²) in [6.07, 6.45) is 5.19. The van der Waals surface area contributed by atoms with Gasteiger partial charge in [-0.05, 0) is 57.1 Å². The first-order chi connectivity index (χ1) is 18.4. The van der Waals surface area contributed by atoms with Gasteiger partial charge < -0.3 is 29.2 Å². The molecule has 200 valence electrons. The Morgan fingerprint density at radius 2 is 2.03 bits per heavy atom. The monoisotopic (exact) mass is 536 g/mol. The highest BCUT2D eigenvalue weighted by Gasteiger charge is 2.25. The normalized spacial score (nSPS) is 15.1. The van der Waals surface area contributed by atoms with Crippen molar-refractivity contribution in [3.63, 3.8) is 0 Å². The maximum Gasteiger partial charge on any atom is 0.162 e. The molecule has 2 N–H and O–H groups in total. The van der Waals surface area contributed by atoms with Crippen molar-refractivity contribution in [1.29, 1.82) is 0 Å². The van der Waals surface area contributed by atoms with E-state index < -0.39 is 6.10 Å². The van der Waals surface area contributed by atoms with Gasteiger partial charge in [-0.3, -0.25) is 0 Å². The van der Waals surface area contributed by atoms with Gasteiger partial charge in [0, 0.05) is 61.4 Å². The van der Waals surface area contributed by atoms with Crippen LogP contribution in [0, 0.1) is 6.92 Å². The molecule has 0 aliphatic carbocycles. The first-order valence-electron chi connectivity index (χ1n) is 12.8. The number of aliphatic hydroxyl groups excluding tert-OH is 1. The minimum Gasteiger partial charge on any atom is -0.491 e. The molecular formula is C28H33ClN6O3. The summed E-state index contributed by atoms with van der Waals surface area (Å²) in [7, 11) is 3.86. The number of ether oxygens (including phenoxy) is 2. The molecule has 1 aliphatic heterocycles. The lowest BCUT2D eigenvalue weighted by Gasteiger charge is -2.33. The van der Waals surface area contributed by atoms with E-state index >= 15 is 0 Å². The summed E-state index contributed by atoms with van der Waals surface area (Å²) in [5.41, 5.74) is 4.06. The second-order valence-electron chi connectivity index (χ2n) is 9.59. The van der Waals surface area contributed by atoms with E-state index in [9.17, 15) is 5.11 Å². The van der Waals surface area contributed by atoms with E-state index in [0.29, 0.717) is 29.2 Å². The summed E-state index contributed by atoms with van der Waals surface area (Å²) in [6, 6.07) is 11.6. The molecular weight excluding hydrogens is 504 g/mol. The number of hydrogen-bond donors (Lipinski definition) is 2. The van der Waals surface area contributed by atoms with Gasteiger partial charge in [-0.1, -0.05) is 17.7 Å². The van der Waals surface area contributed by atoms with Gasteiger partial charge in [0.05, 0.1) is 5.69 Å². The molecule has 5 rings (SSSR count). The van der Waals surface area contributed by atoms with Gasteiger partial charge in [-0.2, -0.15) is 0 Å². The zero-order valence-electron chi connectivity index (χ0n) is 21.9. The molecule has 0 amide bonds. The Morgan fingerprint density at radius 1 is 1.21 bits per heavy atom. The van der Waals surface area contributed by atoms with Crippen LogP contribution in [-0.4, -0.2) is 77.1 Å². The second kappa shape index (κ2) is 11.7. The van der Waals surface area contributed by atoms with Gasteiger partial charge in [0.1, 0.15) is 35.6 Å². The molecule has 1 aliphatic rings. The predicted molar refractivity (Wildman–Crippen MR) is 149 cm³/mol. The van der Waals surface area contributed by atoms with Crippen molar-refractivity contribution in [3.8, 4) is 28.5 Å². The molecule has 4 aromatic rings. The molecule has 0 spiro atoms. The third-order valence-corrected chi connectivity index (χ3v) is 7.03. The lowest BCUT2D eigenvalue weighted by Crippen LogP contribution is -2.37. The molecule has 3 aromatic heterocycles. The average molecular weight is 537 g/mol. The molecule has 1 fully saturated rings. The lowest BCUT2D eigenvalue weighted by atomic mass is 10.1. The van der Waals surface area contributed by atoms with Crippen molar-refractivity contribution in [2.75, 3.05) is 45.4 Å². The summed E-state index contributed by atoms with van der Waals surface area (Å²) in [5.74, 6) is 1.92. The Hall–Kier alpha value is -3.24. The smallest absolute Gasteiger partial charge is 0.162 e. The van der Waals surface area contributed by atoms with Crippen molar-refractivity contribution in [2.24, 2.45) is 0 Å². The van der Waals surface area contributed by atoms with Gasteiger partial charge in [0.2, 0.25) is 0 Å². The summed E-state index contributed by atoms with van der Waals surface area (Å²) in [5, 5.41) is 13.5. The van der Waals surface area contributed by atoms with Crippen LogP contribution in [0.1, 0.15) is 18.4 Å². The first-order valence-corrected chi connectivity index (χ1v) is 13.2. The van der Waals surface area contributed by atoms with Crippen LogP contribution in [0.25, 0.3) is 28.4 Å². The van der Waals surface area contributed by atoms with Gasteiger partial charge >= 0.3 is 0 Å². The van der Waals surface area contributed by atoms with Crippen molar-refractivity contribution in [2.45, 2.75) is 31.9 Å². The number of nitrogens with zero attached hydrogens (tertiary/aromatic N) is 5. The minimum absolute atomic E-state index is 0.139. The van der Waals surface area contributed by atoms with Crippen LogP contribution in [0.3, 0.4) is 0 Å². The number of halogens is 1. The van der Waals surface area contributed by atoms with E-state index in [1.165, 1.54) is 0 Å². The molecule has 1 saturated heterocycles. The number of nitrogens with one attached hydrogen (secondary N) is 1. The SMILES string of the molecule is CNCC(O)COc1cc(Cl)cc(-c2nc(-c3cn4ccccc4n3)c(C)c(N(C)C3CCOCC3)n2)c1. The molecule has 0 radical (unpaired) electrons. The summed E-state index contributed by atoms with van der Waals surface area (Å²) in [4.78, 5) is 17.1. The standard InChI is InChI=1S/C28H33ClN6O3/c1-18-26(24-16-35-9-5-4-6-25(35)31-24)32-27(33-28(18)34(3)21-7-10-37-11-8-21)19-12-20(29)14-23(13-19)38-17-22(36)15-30-2/h4-6,9,12-14,16,21-22,30,36H,7-8,10-11,15,17H2,1-3H3. The van der Waals surface area contributed by atoms with Crippen LogP contribution in [0.5, 0.6) is 5.75 Å². The second-order valence-corrected chi connectivity index (χ2v) is 10.0. The predicted octanol–water partition coefficient (Wildman–Crippen LogP) is 3.99. The van der Waals surface area contributed by atoms with Crippen molar-refractivity contribution >= 4 is 23.1 Å². The molecule has 1 aromatic carbocycles. The van der Waals surface area contributed by atoms with Crippen LogP contribution >= 0.6 is 11.6 Å². The average Bonchev–Trinajstić information content (AvgIpc) is 3.36. The van der Waals surface area contributed by atoms with E-state index in [1.807, 2.05) is 54.0 Å². The molecule has 38 heavy (non-hydrogen) atoms. The molecule has 0 bridgehead atoms. The number of pyridine rings is 1. The van der Waals surface area contributed by atoms with Gasteiger partial charge in [0.25, 0.3) is 0 Å². The maximum absolute atomic E-state index is 10.1. The van der Waals surface area contributed by atoms with E-state index in [0.717, 1.165) is 60.0 Å². The van der Waals surface area contributed by atoms with Crippen LogP contribution in [0.15, 0.2) is 48.8 Å². The number of rotatable bonds is 9. The number of anilines is 1. The van der Waals surface area contributed by atoms with Crippen LogP contribution in [0.4, 0.5) is 5.82 Å². The third kappa shape index (κ3) is 5.76. The molecule has 1 atom stereocenters. The third-order valence-electron chi connectivity index (χ3n) is 6.81. The van der Waals surface area contributed by atoms with Gasteiger partial charge in [-0.15, -0.1) is 0 Å². The van der Waals surface area contributed by atoms with E-state index in [1.54, 1.807) is 13.1 Å². The molecule has 0 saturated carbocycles. The van der Waals surface area contributed by atoms with Gasteiger partial charge in [0.15, 0.2) is 5.82 Å². The number of hydrogen-bond acceptors (Lipinski definition) is 8. The number of fused-ring (bicyclic) bond motifs is 1. The summed E-state index contributed by atoms with van der Waals surface area (Å²) >= 11 is 6.49. The molecule has 10 heteroatoms. The number of aromatic nitrogens is 4. The fraction of sp³-hybridized carbons (Fsp3) is 0.393. The number of imidazole rings is 1. The quantitative estimate of drug-likeness (QED) is 0.331. The summed E-state index contributed by atoms with van der Waals surface area (Å²) in [6.45, 7) is 4.09. The molecule has 4 heterocycles. The fourth-order valence-electron chi connectivity index (χ4n) is 4.78. The summed E-state index contributed by atoms with van der Waals surface area (Å²) < 4.78 is 13.4. The Kier molecular flexibility index (Phi) is 8.09. The topological polar surface area (TPSA) is 97.0 Å². The molecule has 1 unspecified atom stereocenters. The highest BCUT2D eigenvalue weighted by Crippen LogP contribution is 2.34. The van der Waals surface area contributed by atoms with Crippen molar-refractivity contribution in [3.05, 3.63) is 59.4 Å². The van der Waals surface area contributed by atoms with E-state index in [4.69, 9.17) is 36.0 Å². The fourth-order valence-corrected chi connectivity index (χ4v) is 5.01. The Labute approximate surface area is 227 Å². The highest BCUT2D eigenvalue weighted by atomic mass is 35.5. The van der Waals surface area contributed by atoms with Crippen LogP contribution in [0.2, 0.25) is 5.02 Å². The van der Waals surface area contributed by atoms with Crippen LogP contribution < -0.4 is 15.0 Å². The number of likely N-dealkylation sites (N-methyl/N-ethyl adjacent to an activating group) is 1. The largest absolute Gasteiger partial charge is 0.491 e. The van der Waals surface area contributed by atoms with E-state index in [-0.39, 0.29) is 6.61 Å². The Morgan fingerprint density at radius 3 is 2.79 bits per heavy atom. The highest BCUT2D eigenvalue weighted by molar-refractivity contribution is 6.31.